The van der Waals surface area contributed by atoms with E-state index in [9.17, 15) is 14.4 Å². The molecule has 0 aliphatic carbocycles. The molecule has 0 saturated carbocycles. The number of fused-ring (bicyclic) bond motifs is 2. The first-order valence-corrected chi connectivity index (χ1v) is 9.90. The highest BCUT2D eigenvalue weighted by molar-refractivity contribution is 6.31. The van der Waals surface area contributed by atoms with Crippen LogP contribution in [-0.2, 0) is 4.79 Å². The van der Waals surface area contributed by atoms with Gasteiger partial charge in [0.05, 0.1) is 28.5 Å². The predicted octanol–water partition coefficient (Wildman–Crippen LogP) is 4.38. The van der Waals surface area contributed by atoms with Crippen LogP contribution in [0.2, 0.25) is 5.02 Å². The molecule has 3 N–H and O–H groups in total. The average molecular weight is 424 g/mol. The lowest BCUT2D eigenvalue weighted by molar-refractivity contribution is -0.110. The Balaban J connectivity index is 0.000000199. The molecule has 30 heavy (non-hydrogen) atoms. The zero-order valence-electron chi connectivity index (χ0n) is 16.7. The Morgan fingerprint density at radius 2 is 1.60 bits per heavy atom. The van der Waals surface area contributed by atoms with E-state index >= 15 is 0 Å². The van der Waals surface area contributed by atoms with Gasteiger partial charge in [0.1, 0.15) is 6.29 Å². The van der Waals surface area contributed by atoms with Crippen LogP contribution >= 0.6 is 11.6 Å². The summed E-state index contributed by atoms with van der Waals surface area (Å²) in [4.78, 5) is 36.2. The summed E-state index contributed by atoms with van der Waals surface area (Å²) in [6, 6.07) is 15.6. The summed E-state index contributed by atoms with van der Waals surface area (Å²) >= 11 is 5.76. The number of benzene rings is 3. The van der Waals surface area contributed by atoms with Crippen molar-refractivity contribution in [3.05, 3.63) is 70.7 Å². The number of aldehydes is 1. The lowest BCUT2D eigenvalue weighted by atomic mass is 10.0. The Morgan fingerprint density at radius 1 is 1.03 bits per heavy atom. The van der Waals surface area contributed by atoms with Crippen molar-refractivity contribution in [1.82, 2.24) is 4.90 Å². The van der Waals surface area contributed by atoms with Crippen molar-refractivity contribution in [2.75, 3.05) is 17.6 Å². The molecule has 0 bridgehead atoms. The molecule has 3 aromatic rings. The van der Waals surface area contributed by atoms with E-state index in [0.717, 1.165) is 33.6 Å². The maximum atomic E-state index is 12.2. The number of halogens is 1. The molecule has 0 spiro atoms. The molecule has 6 nitrogen and oxygen atoms in total. The quantitative estimate of drug-likeness (QED) is 0.369. The number of nitrogens with two attached hydrogens (primary N) is 1. The van der Waals surface area contributed by atoms with Crippen LogP contribution in [-0.4, -0.2) is 35.6 Å². The minimum atomic E-state index is -0.740. The summed E-state index contributed by atoms with van der Waals surface area (Å²) in [6.07, 6.45) is 0.599. The number of hydrogen-bond donors (Lipinski definition) is 2. The lowest BCUT2D eigenvalue weighted by Gasteiger charge is -2.16. The van der Waals surface area contributed by atoms with Gasteiger partial charge in [-0.15, -0.1) is 0 Å². The lowest BCUT2D eigenvalue weighted by Crippen LogP contribution is -2.38. The molecule has 3 aromatic carbocycles. The number of nitrogens with zero attached hydrogens (tertiary/aromatic N) is 1. The first kappa shape index (κ1) is 21.3. The van der Waals surface area contributed by atoms with Crippen molar-refractivity contribution in [3.8, 4) is 0 Å². The minimum absolute atomic E-state index is 0.373. The van der Waals surface area contributed by atoms with Crippen LogP contribution in [0.1, 0.15) is 34.6 Å². The highest BCUT2D eigenvalue weighted by atomic mass is 35.5. The van der Waals surface area contributed by atoms with Crippen molar-refractivity contribution < 1.29 is 14.4 Å². The topological polar surface area (TPSA) is 92.5 Å². The standard InChI is InChI=1S/C15H11NO3.C8H11ClN2/c1-9(8-17)16-14(18)12-6-10-4-2-3-5-11(10)7-13(12)15(16)19;1-2-11-8-5-6(9)3-4-7(8)10/h2-9H,1H3;3-5,11H,2,10H2,1H3. The number of anilines is 2. The first-order chi connectivity index (χ1) is 14.4. The molecule has 154 valence electrons. The fourth-order valence-electron chi connectivity index (χ4n) is 3.25. The molecule has 1 aliphatic heterocycles. The summed E-state index contributed by atoms with van der Waals surface area (Å²) in [7, 11) is 0. The zero-order valence-corrected chi connectivity index (χ0v) is 17.4. The van der Waals surface area contributed by atoms with Crippen LogP contribution in [0.15, 0.2) is 54.6 Å². The molecular weight excluding hydrogens is 402 g/mol. The second-order valence-corrected chi connectivity index (χ2v) is 7.30. The number of amides is 2. The van der Waals surface area contributed by atoms with Gasteiger partial charge < -0.3 is 15.8 Å². The van der Waals surface area contributed by atoms with Gasteiger partial charge in [-0.25, -0.2) is 0 Å². The molecule has 4 rings (SSSR count). The second-order valence-electron chi connectivity index (χ2n) is 6.86. The van der Waals surface area contributed by atoms with Crippen LogP contribution in [0.4, 0.5) is 11.4 Å². The van der Waals surface area contributed by atoms with E-state index < -0.39 is 17.9 Å². The molecule has 1 unspecified atom stereocenters. The van der Waals surface area contributed by atoms with Gasteiger partial charge in [0.2, 0.25) is 0 Å². The molecule has 2 amide bonds. The molecule has 1 heterocycles. The van der Waals surface area contributed by atoms with E-state index in [1.165, 1.54) is 6.92 Å². The third-order valence-corrected chi connectivity index (χ3v) is 5.01. The molecule has 1 atom stereocenters. The Kier molecular flexibility index (Phi) is 6.37. The molecule has 0 aromatic heterocycles. The summed E-state index contributed by atoms with van der Waals surface area (Å²) in [5.41, 5.74) is 8.03. The fourth-order valence-corrected chi connectivity index (χ4v) is 3.42. The molecule has 1 aliphatic rings. The summed E-state index contributed by atoms with van der Waals surface area (Å²) in [6.45, 7) is 4.40. The number of hydrogen-bond acceptors (Lipinski definition) is 5. The van der Waals surface area contributed by atoms with Gasteiger partial charge >= 0.3 is 0 Å². The van der Waals surface area contributed by atoms with Crippen LogP contribution in [0.25, 0.3) is 10.8 Å². The Labute approximate surface area is 179 Å². The van der Waals surface area contributed by atoms with Crippen molar-refractivity contribution in [2.24, 2.45) is 0 Å². The van der Waals surface area contributed by atoms with Gasteiger partial charge in [0.25, 0.3) is 11.8 Å². The van der Waals surface area contributed by atoms with E-state index in [1.54, 1.807) is 24.3 Å². The Bertz CT molecular complexity index is 1080. The van der Waals surface area contributed by atoms with Crippen molar-refractivity contribution in [1.29, 1.82) is 0 Å². The van der Waals surface area contributed by atoms with Crippen LogP contribution in [0, 0.1) is 0 Å². The van der Waals surface area contributed by atoms with E-state index in [4.69, 9.17) is 17.3 Å². The van der Waals surface area contributed by atoms with Crippen molar-refractivity contribution in [2.45, 2.75) is 19.9 Å². The van der Waals surface area contributed by atoms with E-state index in [0.29, 0.717) is 22.4 Å². The van der Waals surface area contributed by atoms with Gasteiger partial charge in [-0.1, -0.05) is 35.9 Å². The van der Waals surface area contributed by atoms with Gasteiger partial charge in [0, 0.05) is 11.6 Å². The molecule has 7 heteroatoms. The van der Waals surface area contributed by atoms with Gasteiger partial charge in [0.15, 0.2) is 0 Å². The number of rotatable bonds is 4. The van der Waals surface area contributed by atoms with Crippen LogP contribution in [0.3, 0.4) is 0 Å². The number of carbonyl (C=O) groups is 3. The third kappa shape index (κ3) is 4.14. The fraction of sp³-hybridized carbons (Fsp3) is 0.174. The smallest absolute Gasteiger partial charge is 0.262 e. The average Bonchev–Trinajstić information content (AvgIpc) is 2.99. The molecule has 0 saturated heterocycles. The van der Waals surface area contributed by atoms with Crippen molar-refractivity contribution in [3.63, 3.8) is 0 Å². The maximum Gasteiger partial charge on any atom is 0.262 e. The molecule has 0 fully saturated rings. The number of nitrogen functional groups attached to an aromatic ring is 1. The summed E-state index contributed by atoms with van der Waals surface area (Å²) in [5.74, 6) is -0.796. The highest BCUT2D eigenvalue weighted by Gasteiger charge is 2.38. The second kappa shape index (κ2) is 8.97. The van der Waals surface area contributed by atoms with Gasteiger partial charge in [-0.2, -0.15) is 0 Å². The van der Waals surface area contributed by atoms with Gasteiger partial charge in [-0.05, 0) is 55.0 Å². The van der Waals surface area contributed by atoms with Crippen LogP contribution in [0.5, 0.6) is 0 Å². The summed E-state index contributed by atoms with van der Waals surface area (Å²) < 4.78 is 0. The number of imide groups is 1. The summed E-state index contributed by atoms with van der Waals surface area (Å²) in [5, 5.41) is 5.62. The van der Waals surface area contributed by atoms with Gasteiger partial charge in [-0.3, -0.25) is 14.5 Å². The Morgan fingerprint density at radius 3 is 2.10 bits per heavy atom. The number of nitrogens with one attached hydrogen (secondary N) is 1. The Hall–Kier alpha value is -3.38. The predicted molar refractivity (Wildman–Crippen MR) is 120 cm³/mol. The first-order valence-electron chi connectivity index (χ1n) is 9.52. The van der Waals surface area contributed by atoms with E-state index in [2.05, 4.69) is 5.32 Å². The van der Waals surface area contributed by atoms with Crippen molar-refractivity contribution >= 4 is 51.8 Å². The zero-order chi connectivity index (χ0) is 21.8. The highest BCUT2D eigenvalue weighted by Crippen LogP contribution is 2.28. The third-order valence-electron chi connectivity index (χ3n) is 4.77. The minimum Gasteiger partial charge on any atom is -0.397 e. The maximum absolute atomic E-state index is 12.2. The van der Waals surface area contributed by atoms with E-state index in [-0.39, 0.29) is 0 Å². The van der Waals surface area contributed by atoms with E-state index in [1.807, 2.05) is 37.3 Å². The molecule has 0 radical (unpaired) electrons. The normalized spacial score (nSPS) is 13.5. The SMILES string of the molecule is CC(C=O)N1C(=O)c2cc3ccccc3cc2C1=O.CCNc1cc(Cl)ccc1N. The number of carbonyl (C=O) groups excluding carboxylic acids is 3. The largest absolute Gasteiger partial charge is 0.397 e. The van der Waals surface area contributed by atoms with Crippen LogP contribution < -0.4 is 11.1 Å². The molecular formula is C23H22ClN3O3. The monoisotopic (exact) mass is 423 g/mol.